The van der Waals surface area contributed by atoms with Crippen LogP contribution in [-0.4, -0.2) is 35.8 Å². The maximum Gasteiger partial charge on any atom is 0.335 e. The summed E-state index contributed by atoms with van der Waals surface area (Å²) in [4.78, 5) is 10.9. The van der Waals surface area contributed by atoms with Crippen LogP contribution in [0.3, 0.4) is 0 Å². The predicted octanol–water partition coefficient (Wildman–Crippen LogP) is 2.34. The Morgan fingerprint density at radius 2 is 1.83 bits per heavy atom. The van der Waals surface area contributed by atoms with E-state index in [9.17, 15) is 9.18 Å². The molecule has 1 unspecified atom stereocenters. The van der Waals surface area contributed by atoms with Crippen LogP contribution in [0.2, 0.25) is 0 Å². The Morgan fingerprint density at radius 1 is 1.28 bits per heavy atom. The van der Waals surface area contributed by atoms with Gasteiger partial charge in [-0.15, -0.1) is 0 Å². The number of rotatable bonds is 8. The van der Waals surface area contributed by atoms with Crippen LogP contribution in [0.4, 0.5) is 4.39 Å². The van der Waals surface area contributed by atoms with Crippen LogP contribution in [0.1, 0.15) is 46.0 Å². The number of carbonyl (C=O) groups excluding carboxylic acids is 1. The quantitative estimate of drug-likeness (QED) is 0.401. The molecule has 0 bridgehead atoms. The molecule has 0 saturated heterocycles. The van der Waals surface area contributed by atoms with Crippen molar-refractivity contribution in [3.05, 3.63) is 12.2 Å². The van der Waals surface area contributed by atoms with Crippen molar-refractivity contribution in [3.63, 3.8) is 0 Å². The molecule has 0 saturated carbocycles. The highest BCUT2D eigenvalue weighted by molar-refractivity contribution is 5.86. The van der Waals surface area contributed by atoms with Crippen molar-refractivity contribution in [1.29, 1.82) is 0 Å². The van der Waals surface area contributed by atoms with Gasteiger partial charge in [0.25, 0.3) is 0 Å². The molecule has 0 aliphatic carbocycles. The topological polar surface area (TPSA) is 66.8 Å². The number of ether oxygens (including phenoxy) is 1. The summed E-state index contributed by atoms with van der Waals surface area (Å²) >= 11 is 0. The lowest BCUT2D eigenvalue weighted by atomic mass is 10.1. The second-order valence-electron chi connectivity index (χ2n) is 3.89. The van der Waals surface area contributed by atoms with Crippen LogP contribution in [0.25, 0.3) is 0 Å². The van der Waals surface area contributed by atoms with Gasteiger partial charge < -0.3 is 14.9 Å². The molecule has 0 spiro atoms. The summed E-state index contributed by atoms with van der Waals surface area (Å²) in [5, 5.41) is 15.2. The molecular formula is C13H25FO4. The third-order valence-corrected chi connectivity index (χ3v) is 1.97. The number of aliphatic hydroxyl groups is 2. The van der Waals surface area contributed by atoms with Crippen molar-refractivity contribution >= 4 is 5.97 Å². The molecule has 0 rings (SSSR count). The average molecular weight is 264 g/mol. The molecule has 0 aromatic carbocycles. The summed E-state index contributed by atoms with van der Waals surface area (Å²) < 4.78 is 17.4. The third kappa shape index (κ3) is 15.1. The van der Waals surface area contributed by atoms with E-state index in [-0.39, 0.29) is 18.8 Å². The van der Waals surface area contributed by atoms with Crippen LogP contribution >= 0.6 is 0 Å². The number of aliphatic hydroxyl groups excluding tert-OH is 2. The molecular weight excluding hydrogens is 239 g/mol. The van der Waals surface area contributed by atoms with Crippen molar-refractivity contribution in [1.82, 2.24) is 0 Å². The minimum absolute atomic E-state index is 0.125. The number of halogens is 1. The van der Waals surface area contributed by atoms with Crippen LogP contribution in [0, 0.1) is 0 Å². The van der Waals surface area contributed by atoms with E-state index in [1.165, 1.54) is 6.92 Å². The molecule has 0 aliphatic heterocycles. The molecule has 18 heavy (non-hydrogen) atoms. The molecule has 0 aromatic heterocycles. The Morgan fingerprint density at radius 3 is 2.22 bits per heavy atom. The SMILES string of the molecule is C=C(C)C(=O)OC(F)CCCCCC.OCCO. The fourth-order valence-electron chi connectivity index (χ4n) is 1.01. The van der Waals surface area contributed by atoms with Crippen LogP contribution < -0.4 is 0 Å². The summed E-state index contributed by atoms with van der Waals surface area (Å²) in [5.74, 6) is -0.645. The summed E-state index contributed by atoms with van der Waals surface area (Å²) in [6.45, 7) is 6.72. The van der Waals surface area contributed by atoms with Gasteiger partial charge in [-0.05, 0) is 13.3 Å². The molecule has 1 atom stereocenters. The monoisotopic (exact) mass is 264 g/mol. The average Bonchev–Trinajstić information content (AvgIpc) is 2.34. The molecule has 0 amide bonds. The van der Waals surface area contributed by atoms with Crippen LogP contribution in [0.15, 0.2) is 12.2 Å². The van der Waals surface area contributed by atoms with E-state index in [0.717, 1.165) is 25.7 Å². The highest BCUT2D eigenvalue weighted by Gasteiger charge is 2.12. The van der Waals surface area contributed by atoms with Crippen molar-refractivity contribution in [3.8, 4) is 0 Å². The molecule has 4 nitrogen and oxygen atoms in total. The van der Waals surface area contributed by atoms with E-state index in [1.807, 2.05) is 0 Å². The molecule has 0 aliphatic rings. The van der Waals surface area contributed by atoms with Gasteiger partial charge in [-0.25, -0.2) is 9.18 Å². The van der Waals surface area contributed by atoms with Gasteiger partial charge in [0, 0.05) is 12.0 Å². The second-order valence-corrected chi connectivity index (χ2v) is 3.89. The Balaban J connectivity index is 0. The largest absolute Gasteiger partial charge is 0.428 e. The standard InChI is InChI=1S/C11H19FO2.C2H6O2/c1-4-5-6-7-8-10(12)14-11(13)9(2)3;3-1-2-4/h10H,2,4-8H2,1,3H3;3-4H,1-2H2. The highest BCUT2D eigenvalue weighted by atomic mass is 19.1. The predicted molar refractivity (Wildman–Crippen MR) is 68.7 cm³/mol. The number of hydrogen-bond donors (Lipinski definition) is 2. The zero-order valence-electron chi connectivity index (χ0n) is 11.3. The van der Waals surface area contributed by atoms with E-state index in [2.05, 4.69) is 18.2 Å². The van der Waals surface area contributed by atoms with Crippen molar-refractivity contribution < 1.29 is 24.1 Å². The Hall–Kier alpha value is -0.940. The van der Waals surface area contributed by atoms with E-state index in [1.54, 1.807) is 0 Å². The number of alkyl halides is 1. The zero-order valence-corrected chi connectivity index (χ0v) is 11.3. The zero-order chi connectivity index (χ0) is 14.4. The normalized spacial score (nSPS) is 11.2. The first kappa shape index (κ1) is 19.4. The van der Waals surface area contributed by atoms with E-state index in [0.29, 0.717) is 6.42 Å². The fraction of sp³-hybridized carbons (Fsp3) is 0.769. The molecule has 2 N–H and O–H groups in total. The second kappa shape index (κ2) is 14.1. The molecule has 108 valence electrons. The fourth-order valence-corrected chi connectivity index (χ4v) is 1.01. The summed E-state index contributed by atoms with van der Waals surface area (Å²) in [6.07, 6.45) is 2.78. The van der Waals surface area contributed by atoms with E-state index < -0.39 is 12.3 Å². The first-order chi connectivity index (χ1) is 8.49. The Bertz CT molecular complexity index is 217. The van der Waals surface area contributed by atoms with Crippen molar-refractivity contribution in [2.45, 2.75) is 52.3 Å². The summed E-state index contributed by atoms with van der Waals surface area (Å²) in [5.41, 5.74) is 0.237. The maximum atomic E-state index is 13.0. The van der Waals surface area contributed by atoms with Crippen LogP contribution in [0.5, 0.6) is 0 Å². The third-order valence-electron chi connectivity index (χ3n) is 1.97. The van der Waals surface area contributed by atoms with Crippen molar-refractivity contribution in [2.24, 2.45) is 0 Å². The van der Waals surface area contributed by atoms with Gasteiger partial charge in [0.05, 0.1) is 13.2 Å². The van der Waals surface area contributed by atoms with E-state index >= 15 is 0 Å². The minimum Gasteiger partial charge on any atom is -0.428 e. The van der Waals surface area contributed by atoms with Gasteiger partial charge in [0.15, 0.2) is 0 Å². The smallest absolute Gasteiger partial charge is 0.335 e. The van der Waals surface area contributed by atoms with Gasteiger partial charge >= 0.3 is 5.97 Å². The van der Waals surface area contributed by atoms with Gasteiger partial charge in [-0.1, -0.05) is 32.8 Å². The summed E-state index contributed by atoms with van der Waals surface area (Å²) in [6, 6.07) is 0. The van der Waals surface area contributed by atoms with Crippen LogP contribution in [-0.2, 0) is 9.53 Å². The summed E-state index contributed by atoms with van der Waals surface area (Å²) in [7, 11) is 0. The first-order valence-corrected chi connectivity index (χ1v) is 6.21. The lowest BCUT2D eigenvalue weighted by Gasteiger charge is -2.09. The lowest BCUT2D eigenvalue weighted by molar-refractivity contribution is -0.153. The molecule has 0 aromatic rings. The molecule has 0 fully saturated rings. The number of hydrogen-bond acceptors (Lipinski definition) is 4. The van der Waals surface area contributed by atoms with Gasteiger partial charge in [-0.2, -0.15) is 0 Å². The Kier molecular flexibility index (Phi) is 15.2. The number of esters is 1. The molecule has 5 heteroatoms. The lowest BCUT2D eigenvalue weighted by Crippen LogP contribution is -2.13. The highest BCUT2D eigenvalue weighted by Crippen LogP contribution is 2.10. The Labute approximate surface area is 108 Å². The molecule has 0 radical (unpaired) electrons. The van der Waals surface area contributed by atoms with Gasteiger partial charge in [0.1, 0.15) is 0 Å². The van der Waals surface area contributed by atoms with Gasteiger partial charge in [-0.3, -0.25) is 0 Å². The van der Waals surface area contributed by atoms with Gasteiger partial charge in [0.2, 0.25) is 6.36 Å². The van der Waals surface area contributed by atoms with E-state index in [4.69, 9.17) is 10.2 Å². The minimum atomic E-state index is -1.48. The van der Waals surface area contributed by atoms with Crippen molar-refractivity contribution in [2.75, 3.05) is 13.2 Å². The maximum absolute atomic E-state index is 13.0. The first-order valence-electron chi connectivity index (χ1n) is 6.21. The number of unbranched alkanes of at least 4 members (excludes halogenated alkanes) is 3. The molecule has 0 heterocycles. The number of carbonyl (C=O) groups is 1.